The topological polar surface area (TPSA) is 58.6 Å². The monoisotopic (exact) mass is 316 g/mol. The average molecular weight is 316 g/mol. The smallest absolute Gasteiger partial charge is 0.240 e. The van der Waals surface area contributed by atoms with Crippen LogP contribution in [0.25, 0.3) is 0 Å². The zero-order valence-electron chi connectivity index (χ0n) is 12.3. The second-order valence-electron chi connectivity index (χ2n) is 5.26. The van der Waals surface area contributed by atoms with E-state index in [2.05, 4.69) is 9.62 Å². The van der Waals surface area contributed by atoms with E-state index in [1.54, 1.807) is 6.92 Å². The SMILES string of the molecule is Cc1cc(F)ccc1S(=O)(=O)NC[C@H](C)N1CCOCC1. The Kier molecular flexibility index (Phi) is 5.32. The molecule has 1 saturated heterocycles. The quantitative estimate of drug-likeness (QED) is 0.885. The van der Waals surface area contributed by atoms with Gasteiger partial charge < -0.3 is 4.74 Å². The average Bonchev–Trinajstić information content (AvgIpc) is 2.45. The number of hydrogen-bond donors (Lipinski definition) is 1. The molecule has 0 aromatic heterocycles. The lowest BCUT2D eigenvalue weighted by molar-refractivity contribution is 0.0213. The molecule has 0 radical (unpaired) electrons. The van der Waals surface area contributed by atoms with Crippen molar-refractivity contribution in [3.8, 4) is 0 Å². The Balaban J connectivity index is 2.00. The van der Waals surface area contributed by atoms with Gasteiger partial charge in [-0.1, -0.05) is 0 Å². The van der Waals surface area contributed by atoms with Crippen LogP contribution in [0, 0.1) is 12.7 Å². The third-order valence-electron chi connectivity index (χ3n) is 3.66. The minimum Gasteiger partial charge on any atom is -0.379 e. The molecule has 1 fully saturated rings. The summed E-state index contributed by atoms with van der Waals surface area (Å²) in [7, 11) is -3.62. The van der Waals surface area contributed by atoms with Crippen LogP contribution in [0.3, 0.4) is 0 Å². The second kappa shape index (κ2) is 6.83. The minimum absolute atomic E-state index is 0.0874. The number of sulfonamides is 1. The Morgan fingerprint density at radius 2 is 2.05 bits per heavy atom. The van der Waals surface area contributed by atoms with Crippen LogP contribution < -0.4 is 4.72 Å². The molecule has 21 heavy (non-hydrogen) atoms. The molecule has 0 bridgehead atoms. The van der Waals surface area contributed by atoms with Gasteiger partial charge in [0.05, 0.1) is 18.1 Å². The Morgan fingerprint density at radius 3 is 2.67 bits per heavy atom. The van der Waals surface area contributed by atoms with E-state index in [0.29, 0.717) is 25.3 Å². The summed E-state index contributed by atoms with van der Waals surface area (Å²) >= 11 is 0. The first kappa shape index (κ1) is 16.4. The van der Waals surface area contributed by atoms with E-state index in [0.717, 1.165) is 19.2 Å². The molecule has 0 aliphatic carbocycles. The van der Waals surface area contributed by atoms with E-state index in [1.165, 1.54) is 12.1 Å². The van der Waals surface area contributed by atoms with Crippen LogP contribution in [0.1, 0.15) is 12.5 Å². The van der Waals surface area contributed by atoms with E-state index in [9.17, 15) is 12.8 Å². The van der Waals surface area contributed by atoms with Crippen molar-refractivity contribution in [1.82, 2.24) is 9.62 Å². The number of benzene rings is 1. The van der Waals surface area contributed by atoms with E-state index in [4.69, 9.17) is 4.74 Å². The lowest BCUT2D eigenvalue weighted by Gasteiger charge is -2.32. The first-order valence-corrected chi connectivity index (χ1v) is 8.46. The third-order valence-corrected chi connectivity index (χ3v) is 5.25. The largest absolute Gasteiger partial charge is 0.379 e. The third kappa shape index (κ3) is 4.23. The predicted octanol–water partition coefficient (Wildman–Crippen LogP) is 1.13. The van der Waals surface area contributed by atoms with Crippen LogP contribution in [-0.4, -0.2) is 52.2 Å². The fourth-order valence-corrected chi connectivity index (χ4v) is 3.72. The van der Waals surface area contributed by atoms with Crippen molar-refractivity contribution in [2.24, 2.45) is 0 Å². The molecule has 5 nitrogen and oxygen atoms in total. The molecule has 0 saturated carbocycles. The van der Waals surface area contributed by atoms with Gasteiger partial charge >= 0.3 is 0 Å². The molecule has 0 spiro atoms. The fraction of sp³-hybridized carbons (Fsp3) is 0.571. The normalized spacial score (nSPS) is 18.6. The molecule has 1 aromatic rings. The van der Waals surface area contributed by atoms with Gasteiger partial charge in [0.25, 0.3) is 0 Å². The van der Waals surface area contributed by atoms with Crippen LogP contribution in [-0.2, 0) is 14.8 Å². The summed E-state index contributed by atoms with van der Waals surface area (Å²) in [5.74, 6) is -0.437. The zero-order chi connectivity index (χ0) is 15.5. The molecule has 1 aliphatic heterocycles. The second-order valence-corrected chi connectivity index (χ2v) is 6.99. The molecule has 1 atom stereocenters. The Bertz CT molecular complexity index is 586. The highest BCUT2D eigenvalue weighted by atomic mass is 32.2. The van der Waals surface area contributed by atoms with E-state index >= 15 is 0 Å². The van der Waals surface area contributed by atoms with Crippen LogP contribution in [0.2, 0.25) is 0 Å². The maximum absolute atomic E-state index is 13.1. The lowest BCUT2D eigenvalue weighted by Crippen LogP contribution is -2.47. The van der Waals surface area contributed by atoms with Gasteiger partial charge in [0, 0.05) is 25.7 Å². The summed E-state index contributed by atoms with van der Waals surface area (Å²) in [6.45, 7) is 6.84. The van der Waals surface area contributed by atoms with Gasteiger partial charge in [0.1, 0.15) is 5.82 Å². The maximum Gasteiger partial charge on any atom is 0.240 e. The van der Waals surface area contributed by atoms with Crippen LogP contribution in [0.5, 0.6) is 0 Å². The number of hydrogen-bond acceptors (Lipinski definition) is 4. The van der Waals surface area contributed by atoms with E-state index in [-0.39, 0.29) is 10.9 Å². The van der Waals surface area contributed by atoms with Crippen molar-refractivity contribution >= 4 is 10.0 Å². The number of halogens is 1. The molecule has 1 heterocycles. The van der Waals surface area contributed by atoms with Gasteiger partial charge in [0.2, 0.25) is 10.0 Å². The number of morpholine rings is 1. The van der Waals surface area contributed by atoms with Crippen LogP contribution in [0.4, 0.5) is 4.39 Å². The van der Waals surface area contributed by atoms with Crippen LogP contribution in [0.15, 0.2) is 23.1 Å². The number of nitrogens with one attached hydrogen (secondary N) is 1. The molecule has 7 heteroatoms. The highest BCUT2D eigenvalue weighted by molar-refractivity contribution is 7.89. The minimum atomic E-state index is -3.62. The molecule has 1 N–H and O–H groups in total. The Hall–Kier alpha value is -1.02. The molecule has 2 rings (SSSR count). The molecular weight excluding hydrogens is 295 g/mol. The Labute approximate surface area is 125 Å². The fourth-order valence-electron chi connectivity index (χ4n) is 2.37. The molecule has 1 aliphatic rings. The molecule has 1 aromatic carbocycles. The lowest BCUT2D eigenvalue weighted by atomic mass is 10.2. The van der Waals surface area contributed by atoms with Gasteiger partial charge in [-0.3, -0.25) is 4.90 Å². The first-order chi connectivity index (χ1) is 9.90. The summed E-state index contributed by atoms with van der Waals surface area (Å²) < 4.78 is 45.5. The molecule has 0 unspecified atom stereocenters. The Morgan fingerprint density at radius 1 is 1.38 bits per heavy atom. The van der Waals surface area contributed by atoms with Crippen molar-refractivity contribution in [1.29, 1.82) is 0 Å². The standard InChI is InChI=1S/C14H21FN2O3S/c1-11-9-13(15)3-4-14(11)21(18,19)16-10-12(2)17-5-7-20-8-6-17/h3-4,9,12,16H,5-8,10H2,1-2H3/t12-/m0/s1. The zero-order valence-corrected chi connectivity index (χ0v) is 13.1. The van der Waals surface area contributed by atoms with Crippen molar-refractivity contribution in [2.75, 3.05) is 32.8 Å². The number of nitrogens with zero attached hydrogens (tertiary/aromatic N) is 1. The summed E-state index contributed by atoms with van der Waals surface area (Å²) in [6.07, 6.45) is 0. The van der Waals surface area contributed by atoms with Gasteiger partial charge in [0.15, 0.2) is 0 Å². The van der Waals surface area contributed by atoms with Crippen LogP contribution >= 0.6 is 0 Å². The van der Waals surface area contributed by atoms with Gasteiger partial charge in [-0.05, 0) is 37.6 Å². The number of aryl methyl sites for hydroxylation is 1. The van der Waals surface area contributed by atoms with E-state index < -0.39 is 15.8 Å². The summed E-state index contributed by atoms with van der Waals surface area (Å²) in [5.41, 5.74) is 0.404. The predicted molar refractivity (Wildman–Crippen MR) is 78.2 cm³/mol. The van der Waals surface area contributed by atoms with Crippen molar-refractivity contribution in [3.63, 3.8) is 0 Å². The highest BCUT2D eigenvalue weighted by Gasteiger charge is 2.21. The first-order valence-electron chi connectivity index (χ1n) is 6.98. The van der Waals surface area contributed by atoms with Crippen molar-refractivity contribution in [3.05, 3.63) is 29.6 Å². The van der Waals surface area contributed by atoms with Crippen molar-refractivity contribution in [2.45, 2.75) is 24.8 Å². The van der Waals surface area contributed by atoms with E-state index in [1.807, 2.05) is 6.92 Å². The number of ether oxygens (including phenoxy) is 1. The summed E-state index contributed by atoms with van der Waals surface area (Å²) in [5, 5.41) is 0. The summed E-state index contributed by atoms with van der Waals surface area (Å²) in [6, 6.07) is 3.77. The number of rotatable bonds is 5. The van der Waals surface area contributed by atoms with Gasteiger partial charge in [-0.2, -0.15) is 0 Å². The van der Waals surface area contributed by atoms with Crippen molar-refractivity contribution < 1.29 is 17.5 Å². The molecule has 118 valence electrons. The molecular formula is C14H21FN2O3S. The molecule has 0 amide bonds. The van der Waals surface area contributed by atoms with Gasteiger partial charge in [-0.25, -0.2) is 17.5 Å². The van der Waals surface area contributed by atoms with Gasteiger partial charge in [-0.15, -0.1) is 0 Å². The maximum atomic E-state index is 13.1. The summed E-state index contributed by atoms with van der Waals surface area (Å²) in [4.78, 5) is 2.31. The highest BCUT2D eigenvalue weighted by Crippen LogP contribution is 2.16.